The van der Waals surface area contributed by atoms with E-state index in [0.717, 1.165) is 22.6 Å². The number of carbonyl (C=O) groups is 3. The number of rotatable bonds is 3. The second-order valence-corrected chi connectivity index (χ2v) is 9.55. The minimum Gasteiger partial charge on any atom is -0.493 e. The van der Waals surface area contributed by atoms with Crippen molar-refractivity contribution in [1.29, 1.82) is 0 Å². The monoisotopic (exact) mass is 399 g/mol. The van der Waals surface area contributed by atoms with E-state index in [1.165, 1.54) is 0 Å². The molecule has 0 unspecified atom stereocenters. The number of hydrogen-bond donors (Lipinski definition) is 2. The Morgan fingerprint density at radius 1 is 1.28 bits per heavy atom. The molecule has 2 N–H and O–H groups in total. The lowest BCUT2D eigenvalue weighted by Crippen LogP contribution is -2.54. The Bertz CT molecular complexity index is 852. The minimum absolute atomic E-state index is 0.0370. The summed E-state index contributed by atoms with van der Waals surface area (Å²) >= 11 is 0. The summed E-state index contributed by atoms with van der Waals surface area (Å²) in [6.07, 6.45) is 2.88. The highest BCUT2D eigenvalue weighted by atomic mass is 16.5. The second kappa shape index (κ2) is 7.04. The van der Waals surface area contributed by atoms with Crippen LogP contribution in [0.15, 0.2) is 24.3 Å². The van der Waals surface area contributed by atoms with Crippen molar-refractivity contribution in [1.82, 2.24) is 15.5 Å². The molecule has 2 fully saturated rings. The lowest BCUT2D eigenvalue weighted by molar-refractivity contribution is -0.137. The Labute approximate surface area is 171 Å². The highest BCUT2D eigenvalue weighted by Crippen LogP contribution is 2.46. The number of urea groups is 1. The standard InChI is InChI=1S/C22H29N3O4/c1-14-10-21(2,3)13-22(11-14)19(27)25(20(28)24-22)12-18(26)23-16-8-9-29-17-7-5-4-6-15(16)17/h4-7,14,16H,8-13H2,1-3H3,(H,23,26)(H,24,28)/t14-,16+,22-/m0/s1. The van der Waals surface area contributed by atoms with Gasteiger partial charge in [0, 0.05) is 12.0 Å². The molecular formula is C22H29N3O4. The van der Waals surface area contributed by atoms with Gasteiger partial charge in [-0.1, -0.05) is 39.0 Å². The summed E-state index contributed by atoms with van der Waals surface area (Å²) < 4.78 is 5.63. The Morgan fingerprint density at radius 2 is 2.03 bits per heavy atom. The number of imide groups is 1. The van der Waals surface area contributed by atoms with Gasteiger partial charge in [-0.05, 0) is 36.7 Å². The van der Waals surface area contributed by atoms with E-state index in [-0.39, 0.29) is 29.8 Å². The van der Waals surface area contributed by atoms with E-state index in [9.17, 15) is 14.4 Å². The van der Waals surface area contributed by atoms with Gasteiger partial charge in [-0.3, -0.25) is 14.5 Å². The molecule has 4 amide bonds. The van der Waals surface area contributed by atoms with Crippen molar-refractivity contribution in [3.8, 4) is 5.75 Å². The Kier molecular flexibility index (Phi) is 4.79. The molecule has 1 spiro atoms. The summed E-state index contributed by atoms with van der Waals surface area (Å²) in [5.41, 5.74) is -0.00211. The summed E-state index contributed by atoms with van der Waals surface area (Å²) in [6, 6.07) is 6.94. The lowest BCUT2D eigenvalue weighted by atomic mass is 9.64. The fourth-order valence-electron chi connectivity index (χ4n) is 5.53. The molecule has 7 heteroatoms. The zero-order valence-corrected chi connectivity index (χ0v) is 17.3. The minimum atomic E-state index is -0.885. The average Bonchev–Trinajstić information content (AvgIpc) is 2.83. The van der Waals surface area contributed by atoms with Gasteiger partial charge in [0.15, 0.2) is 0 Å². The summed E-state index contributed by atoms with van der Waals surface area (Å²) in [4.78, 5) is 39.6. The van der Waals surface area contributed by atoms with Gasteiger partial charge < -0.3 is 15.4 Å². The molecule has 1 aliphatic carbocycles. The molecule has 0 radical (unpaired) electrons. The molecule has 1 aromatic rings. The third-order valence-electron chi connectivity index (χ3n) is 6.22. The summed E-state index contributed by atoms with van der Waals surface area (Å²) in [5.74, 6) is 0.479. The maximum Gasteiger partial charge on any atom is 0.325 e. The molecule has 1 saturated carbocycles. The van der Waals surface area contributed by atoms with Crippen LogP contribution in [0.25, 0.3) is 0 Å². The fourth-order valence-corrected chi connectivity index (χ4v) is 5.53. The Morgan fingerprint density at radius 3 is 2.79 bits per heavy atom. The first kappa shape index (κ1) is 19.7. The molecule has 0 bridgehead atoms. The first-order chi connectivity index (χ1) is 13.7. The Hall–Kier alpha value is -2.57. The van der Waals surface area contributed by atoms with Gasteiger partial charge in [0.25, 0.3) is 5.91 Å². The zero-order valence-electron chi connectivity index (χ0n) is 17.3. The zero-order chi connectivity index (χ0) is 20.8. The maximum atomic E-state index is 13.2. The van der Waals surface area contributed by atoms with Gasteiger partial charge in [0.1, 0.15) is 17.8 Å². The van der Waals surface area contributed by atoms with Crippen molar-refractivity contribution in [2.24, 2.45) is 11.3 Å². The first-order valence-corrected chi connectivity index (χ1v) is 10.3. The van der Waals surface area contributed by atoms with Crippen LogP contribution in [0.2, 0.25) is 0 Å². The lowest BCUT2D eigenvalue weighted by Gasteiger charge is -2.43. The molecule has 7 nitrogen and oxygen atoms in total. The van der Waals surface area contributed by atoms with E-state index in [0.29, 0.717) is 31.8 Å². The number of amides is 4. The largest absolute Gasteiger partial charge is 0.493 e. The van der Waals surface area contributed by atoms with E-state index in [1.54, 1.807) is 0 Å². The van der Waals surface area contributed by atoms with Gasteiger partial charge in [-0.2, -0.15) is 0 Å². The molecule has 2 aliphatic heterocycles. The number of fused-ring (bicyclic) bond motifs is 1. The molecule has 156 valence electrons. The first-order valence-electron chi connectivity index (χ1n) is 10.3. The highest BCUT2D eigenvalue weighted by molar-refractivity contribution is 6.09. The molecule has 3 aliphatic rings. The molecule has 2 heterocycles. The Balaban J connectivity index is 1.45. The van der Waals surface area contributed by atoms with Crippen LogP contribution in [-0.2, 0) is 9.59 Å². The van der Waals surface area contributed by atoms with Crippen molar-refractivity contribution in [3.63, 3.8) is 0 Å². The van der Waals surface area contributed by atoms with Crippen LogP contribution >= 0.6 is 0 Å². The quantitative estimate of drug-likeness (QED) is 0.765. The highest BCUT2D eigenvalue weighted by Gasteiger charge is 2.56. The number of nitrogens with zero attached hydrogens (tertiary/aromatic N) is 1. The van der Waals surface area contributed by atoms with Gasteiger partial charge >= 0.3 is 6.03 Å². The van der Waals surface area contributed by atoms with Gasteiger partial charge in [-0.25, -0.2) is 4.79 Å². The molecule has 1 saturated heterocycles. The molecular weight excluding hydrogens is 370 g/mol. The molecule has 3 atom stereocenters. The van der Waals surface area contributed by atoms with Crippen molar-refractivity contribution in [3.05, 3.63) is 29.8 Å². The van der Waals surface area contributed by atoms with E-state index >= 15 is 0 Å². The van der Waals surface area contributed by atoms with Crippen LogP contribution in [0.3, 0.4) is 0 Å². The third-order valence-corrected chi connectivity index (χ3v) is 6.22. The second-order valence-electron chi connectivity index (χ2n) is 9.55. The van der Waals surface area contributed by atoms with Crippen LogP contribution in [-0.4, -0.2) is 41.4 Å². The van der Waals surface area contributed by atoms with Gasteiger partial charge in [0.2, 0.25) is 5.91 Å². The number of nitrogens with one attached hydrogen (secondary N) is 2. The fraction of sp³-hybridized carbons (Fsp3) is 0.591. The molecule has 29 heavy (non-hydrogen) atoms. The van der Waals surface area contributed by atoms with Crippen LogP contribution in [0.4, 0.5) is 4.79 Å². The predicted octanol–water partition coefficient (Wildman–Crippen LogP) is 2.76. The van der Waals surface area contributed by atoms with Crippen molar-refractivity contribution in [2.45, 2.75) is 58.0 Å². The van der Waals surface area contributed by atoms with Crippen molar-refractivity contribution < 1.29 is 19.1 Å². The van der Waals surface area contributed by atoms with E-state index in [2.05, 4.69) is 31.4 Å². The maximum absolute atomic E-state index is 13.2. The van der Waals surface area contributed by atoms with E-state index in [1.807, 2.05) is 24.3 Å². The number of hydrogen-bond acceptors (Lipinski definition) is 4. The topological polar surface area (TPSA) is 87.7 Å². The predicted molar refractivity (Wildman–Crippen MR) is 107 cm³/mol. The normalized spacial score (nSPS) is 30.5. The van der Waals surface area contributed by atoms with Crippen LogP contribution < -0.4 is 15.4 Å². The van der Waals surface area contributed by atoms with Crippen LogP contribution in [0.5, 0.6) is 5.75 Å². The van der Waals surface area contributed by atoms with Crippen molar-refractivity contribution in [2.75, 3.05) is 13.2 Å². The number of para-hydroxylation sites is 1. The smallest absolute Gasteiger partial charge is 0.325 e. The third kappa shape index (κ3) is 3.70. The van der Waals surface area contributed by atoms with E-state index < -0.39 is 11.6 Å². The number of ether oxygens (including phenoxy) is 1. The summed E-state index contributed by atoms with van der Waals surface area (Å²) in [6.45, 7) is 6.62. The molecule has 4 rings (SSSR count). The van der Waals surface area contributed by atoms with Crippen molar-refractivity contribution >= 4 is 17.8 Å². The summed E-state index contributed by atoms with van der Waals surface area (Å²) in [7, 11) is 0. The summed E-state index contributed by atoms with van der Waals surface area (Å²) in [5, 5.41) is 5.88. The van der Waals surface area contributed by atoms with Crippen LogP contribution in [0, 0.1) is 11.3 Å². The van der Waals surface area contributed by atoms with E-state index in [4.69, 9.17) is 4.74 Å². The molecule has 1 aromatic carbocycles. The van der Waals surface area contributed by atoms with Gasteiger partial charge in [-0.15, -0.1) is 0 Å². The SMILES string of the molecule is C[C@H]1CC(C)(C)C[C@]2(C1)NC(=O)N(CC(=O)N[C@@H]1CCOc3ccccc31)C2=O. The molecule has 0 aromatic heterocycles. The van der Waals surface area contributed by atoms with Crippen LogP contribution in [0.1, 0.15) is 58.1 Å². The van der Waals surface area contributed by atoms with Gasteiger partial charge in [0.05, 0.1) is 12.6 Å². The average molecular weight is 399 g/mol. The number of benzene rings is 1. The number of carbonyl (C=O) groups excluding carboxylic acids is 3.